The van der Waals surface area contributed by atoms with Crippen LogP contribution in [0.4, 0.5) is 0 Å². The van der Waals surface area contributed by atoms with Crippen LogP contribution in [0, 0.1) is 0 Å². The molecule has 1 aliphatic rings. The fraction of sp³-hybridized carbons (Fsp3) is 0.533. The molecule has 3 heteroatoms. The summed E-state index contributed by atoms with van der Waals surface area (Å²) < 4.78 is 0. The molecule has 1 saturated heterocycles. The highest BCUT2D eigenvalue weighted by Crippen LogP contribution is 2.14. The Bertz CT molecular complexity index is 394. The van der Waals surface area contributed by atoms with E-state index in [-0.39, 0.29) is 17.5 Å². The highest BCUT2D eigenvalue weighted by molar-refractivity contribution is 5.82. The second-order valence-corrected chi connectivity index (χ2v) is 5.68. The Labute approximate surface area is 109 Å². The number of hydrogen-bond donors (Lipinski definition) is 2. The van der Waals surface area contributed by atoms with Crippen molar-refractivity contribution in [3.05, 3.63) is 35.9 Å². The summed E-state index contributed by atoms with van der Waals surface area (Å²) in [5.41, 5.74) is 1.05. The smallest absolute Gasteiger partial charge is 0.237 e. The van der Waals surface area contributed by atoms with Crippen LogP contribution in [0.3, 0.4) is 0 Å². The van der Waals surface area contributed by atoms with Crippen LogP contribution in [0.25, 0.3) is 0 Å². The molecule has 0 aliphatic carbocycles. The first-order valence-corrected chi connectivity index (χ1v) is 6.66. The normalized spacial score (nSPS) is 19.8. The summed E-state index contributed by atoms with van der Waals surface area (Å²) in [6.45, 7) is 5.11. The molecule has 1 amide bonds. The van der Waals surface area contributed by atoms with E-state index in [1.165, 1.54) is 5.56 Å². The predicted octanol–water partition coefficient (Wildman–Crippen LogP) is 1.88. The van der Waals surface area contributed by atoms with Crippen LogP contribution in [0.15, 0.2) is 30.3 Å². The van der Waals surface area contributed by atoms with E-state index in [1.807, 2.05) is 18.2 Å². The minimum Gasteiger partial charge on any atom is -0.350 e. The molecule has 1 atom stereocenters. The standard InChI is InChI=1S/C15H22N2O/c1-15(2,11-12-7-4-3-5-8-12)17-14(18)13-9-6-10-16-13/h3-5,7-8,13,16H,6,9-11H2,1-2H3,(H,17,18)/t13-/m0/s1. The molecule has 0 aromatic heterocycles. The van der Waals surface area contributed by atoms with Crippen molar-refractivity contribution < 1.29 is 4.79 Å². The molecule has 18 heavy (non-hydrogen) atoms. The molecule has 3 nitrogen and oxygen atoms in total. The van der Waals surface area contributed by atoms with Gasteiger partial charge >= 0.3 is 0 Å². The average Bonchev–Trinajstić information content (AvgIpc) is 2.82. The lowest BCUT2D eigenvalue weighted by atomic mass is 9.94. The van der Waals surface area contributed by atoms with Gasteiger partial charge in [-0.2, -0.15) is 0 Å². The van der Waals surface area contributed by atoms with E-state index in [0.29, 0.717) is 0 Å². The number of hydrogen-bond acceptors (Lipinski definition) is 2. The molecule has 98 valence electrons. The lowest BCUT2D eigenvalue weighted by Crippen LogP contribution is -2.51. The van der Waals surface area contributed by atoms with Gasteiger partial charge in [-0.1, -0.05) is 30.3 Å². The molecule has 1 fully saturated rings. The fourth-order valence-corrected chi connectivity index (χ4v) is 2.48. The second kappa shape index (κ2) is 5.53. The van der Waals surface area contributed by atoms with Crippen molar-refractivity contribution >= 4 is 5.91 Å². The van der Waals surface area contributed by atoms with E-state index < -0.39 is 0 Å². The maximum atomic E-state index is 12.1. The molecule has 0 spiro atoms. The third-order valence-electron chi connectivity index (χ3n) is 3.33. The number of amides is 1. The van der Waals surface area contributed by atoms with Crippen LogP contribution in [-0.4, -0.2) is 24.0 Å². The SMILES string of the molecule is CC(C)(Cc1ccccc1)NC(=O)[C@@H]1CCCN1. The minimum absolute atomic E-state index is 0.0000448. The van der Waals surface area contributed by atoms with Gasteiger partial charge in [0, 0.05) is 5.54 Å². The Hall–Kier alpha value is -1.35. The third-order valence-corrected chi connectivity index (χ3v) is 3.33. The van der Waals surface area contributed by atoms with Crippen molar-refractivity contribution in [3.63, 3.8) is 0 Å². The Morgan fingerprint density at radius 1 is 1.39 bits per heavy atom. The molecule has 0 radical (unpaired) electrons. The van der Waals surface area contributed by atoms with E-state index in [1.54, 1.807) is 0 Å². The van der Waals surface area contributed by atoms with Crippen LogP contribution in [0.5, 0.6) is 0 Å². The van der Waals surface area contributed by atoms with Gasteiger partial charge in [-0.15, -0.1) is 0 Å². The van der Waals surface area contributed by atoms with Crippen molar-refractivity contribution in [2.75, 3.05) is 6.54 Å². The van der Waals surface area contributed by atoms with E-state index in [2.05, 4.69) is 36.6 Å². The van der Waals surface area contributed by atoms with Gasteiger partial charge in [0.2, 0.25) is 5.91 Å². The van der Waals surface area contributed by atoms with Gasteiger partial charge < -0.3 is 10.6 Å². The molecule has 0 saturated carbocycles. The van der Waals surface area contributed by atoms with E-state index in [9.17, 15) is 4.79 Å². The van der Waals surface area contributed by atoms with Gasteiger partial charge in [-0.05, 0) is 45.2 Å². The van der Waals surface area contributed by atoms with E-state index in [0.717, 1.165) is 25.8 Å². The summed E-state index contributed by atoms with van der Waals surface area (Å²) in [6.07, 6.45) is 2.90. The zero-order valence-corrected chi connectivity index (χ0v) is 11.2. The van der Waals surface area contributed by atoms with Gasteiger partial charge in [0.25, 0.3) is 0 Å². The van der Waals surface area contributed by atoms with Crippen molar-refractivity contribution in [1.29, 1.82) is 0 Å². The zero-order valence-electron chi connectivity index (χ0n) is 11.2. The summed E-state index contributed by atoms with van der Waals surface area (Å²) in [7, 11) is 0. The van der Waals surface area contributed by atoms with Crippen molar-refractivity contribution in [2.24, 2.45) is 0 Å². The summed E-state index contributed by atoms with van der Waals surface area (Å²) in [4.78, 5) is 12.1. The van der Waals surface area contributed by atoms with Gasteiger partial charge in [0.05, 0.1) is 6.04 Å². The molecule has 1 aromatic rings. The van der Waals surface area contributed by atoms with Crippen LogP contribution >= 0.6 is 0 Å². The summed E-state index contributed by atoms with van der Waals surface area (Å²) in [5.74, 6) is 0.133. The van der Waals surface area contributed by atoms with Crippen molar-refractivity contribution in [1.82, 2.24) is 10.6 Å². The Balaban J connectivity index is 1.92. The molecule has 1 aliphatic heterocycles. The van der Waals surface area contributed by atoms with Crippen LogP contribution < -0.4 is 10.6 Å². The van der Waals surface area contributed by atoms with E-state index in [4.69, 9.17) is 0 Å². The first-order chi connectivity index (χ1) is 8.57. The predicted molar refractivity (Wildman–Crippen MR) is 73.4 cm³/mol. The Kier molecular flexibility index (Phi) is 4.02. The molecule has 1 aromatic carbocycles. The minimum atomic E-state index is -0.206. The first-order valence-electron chi connectivity index (χ1n) is 6.66. The lowest BCUT2D eigenvalue weighted by Gasteiger charge is -2.28. The number of carbonyl (C=O) groups excluding carboxylic acids is 1. The Morgan fingerprint density at radius 2 is 2.11 bits per heavy atom. The van der Waals surface area contributed by atoms with Gasteiger partial charge in [0.1, 0.15) is 0 Å². The van der Waals surface area contributed by atoms with Crippen molar-refractivity contribution in [3.8, 4) is 0 Å². The highest BCUT2D eigenvalue weighted by Gasteiger charge is 2.27. The number of rotatable bonds is 4. The molecule has 1 heterocycles. The fourth-order valence-electron chi connectivity index (χ4n) is 2.48. The molecule has 0 unspecified atom stereocenters. The molecule has 0 bridgehead atoms. The monoisotopic (exact) mass is 246 g/mol. The first kappa shape index (κ1) is 13.1. The van der Waals surface area contributed by atoms with Gasteiger partial charge in [-0.25, -0.2) is 0 Å². The van der Waals surface area contributed by atoms with Gasteiger partial charge in [-0.3, -0.25) is 4.79 Å². The zero-order chi connectivity index (χ0) is 13.0. The maximum Gasteiger partial charge on any atom is 0.237 e. The summed E-state index contributed by atoms with van der Waals surface area (Å²) in [5, 5.41) is 6.38. The largest absolute Gasteiger partial charge is 0.350 e. The molecular formula is C15H22N2O. The third kappa shape index (κ3) is 3.57. The number of benzene rings is 1. The molecule has 2 N–H and O–H groups in total. The van der Waals surface area contributed by atoms with Crippen molar-refractivity contribution in [2.45, 2.75) is 44.7 Å². The topological polar surface area (TPSA) is 41.1 Å². The summed E-state index contributed by atoms with van der Waals surface area (Å²) in [6, 6.07) is 10.3. The molecular weight excluding hydrogens is 224 g/mol. The van der Waals surface area contributed by atoms with Crippen LogP contribution in [-0.2, 0) is 11.2 Å². The summed E-state index contributed by atoms with van der Waals surface area (Å²) >= 11 is 0. The van der Waals surface area contributed by atoms with E-state index >= 15 is 0 Å². The second-order valence-electron chi connectivity index (χ2n) is 5.68. The lowest BCUT2D eigenvalue weighted by molar-refractivity contribution is -0.124. The Morgan fingerprint density at radius 3 is 2.72 bits per heavy atom. The average molecular weight is 246 g/mol. The van der Waals surface area contributed by atoms with Crippen LogP contribution in [0.2, 0.25) is 0 Å². The highest BCUT2D eigenvalue weighted by atomic mass is 16.2. The number of nitrogens with one attached hydrogen (secondary N) is 2. The van der Waals surface area contributed by atoms with Gasteiger partial charge in [0.15, 0.2) is 0 Å². The number of carbonyl (C=O) groups is 1. The maximum absolute atomic E-state index is 12.1. The molecule has 2 rings (SSSR count). The quantitative estimate of drug-likeness (QED) is 0.851. The van der Waals surface area contributed by atoms with Crippen LogP contribution in [0.1, 0.15) is 32.3 Å².